The van der Waals surface area contributed by atoms with E-state index < -0.39 is 0 Å². The number of hydrogen-bond donors (Lipinski definition) is 1. The Kier molecular flexibility index (Phi) is 7.52. The van der Waals surface area contributed by atoms with E-state index >= 15 is 0 Å². The lowest BCUT2D eigenvalue weighted by Crippen LogP contribution is -2.49. The highest BCUT2D eigenvalue weighted by Gasteiger charge is 2.23. The highest BCUT2D eigenvalue weighted by atomic mass is 32.2. The number of carbonyl (C=O) groups is 2. The number of nitrogens with zero attached hydrogens (tertiary/aromatic N) is 5. The summed E-state index contributed by atoms with van der Waals surface area (Å²) in [6.45, 7) is 6.90. The van der Waals surface area contributed by atoms with Crippen LogP contribution in [0.3, 0.4) is 0 Å². The van der Waals surface area contributed by atoms with Crippen LogP contribution < -0.4 is 10.2 Å². The van der Waals surface area contributed by atoms with Crippen LogP contribution in [0.1, 0.15) is 34.7 Å². The van der Waals surface area contributed by atoms with Gasteiger partial charge in [-0.05, 0) is 38.1 Å². The maximum absolute atomic E-state index is 12.8. The highest BCUT2D eigenvalue weighted by molar-refractivity contribution is 7.99. The van der Waals surface area contributed by atoms with Gasteiger partial charge in [-0.1, -0.05) is 47.7 Å². The fourth-order valence-corrected chi connectivity index (χ4v) is 4.85. The first-order valence-electron chi connectivity index (χ1n) is 11.4. The number of nitrogens with one attached hydrogen (secondary N) is 1. The number of para-hydroxylation sites is 1. The van der Waals surface area contributed by atoms with Crippen molar-refractivity contribution in [3.8, 4) is 0 Å². The van der Waals surface area contributed by atoms with Gasteiger partial charge in [0.1, 0.15) is 0 Å². The van der Waals surface area contributed by atoms with E-state index in [0.717, 1.165) is 18.7 Å². The number of aryl methyl sites for hydroxylation is 1. The predicted octanol–water partition coefficient (Wildman–Crippen LogP) is 3.06. The molecule has 9 heteroatoms. The van der Waals surface area contributed by atoms with Crippen molar-refractivity contribution in [2.45, 2.75) is 25.0 Å². The van der Waals surface area contributed by atoms with Gasteiger partial charge in [0, 0.05) is 44.5 Å². The summed E-state index contributed by atoms with van der Waals surface area (Å²) in [5.41, 5.74) is 2.84. The molecule has 0 aliphatic carbocycles. The third kappa shape index (κ3) is 5.59. The summed E-state index contributed by atoms with van der Waals surface area (Å²) in [6, 6.07) is 17.4. The molecule has 1 saturated heterocycles. The largest absolute Gasteiger partial charge is 0.368 e. The van der Waals surface area contributed by atoms with E-state index in [9.17, 15) is 9.59 Å². The van der Waals surface area contributed by atoms with Gasteiger partial charge in [-0.3, -0.25) is 9.59 Å². The van der Waals surface area contributed by atoms with E-state index in [0.29, 0.717) is 35.4 Å². The average Bonchev–Trinajstić information content (AvgIpc) is 3.23. The summed E-state index contributed by atoms with van der Waals surface area (Å²) in [6.07, 6.45) is 0. The molecule has 0 saturated carbocycles. The van der Waals surface area contributed by atoms with Crippen molar-refractivity contribution >= 4 is 29.3 Å². The van der Waals surface area contributed by atoms with Gasteiger partial charge in [0.15, 0.2) is 11.0 Å². The van der Waals surface area contributed by atoms with Gasteiger partial charge >= 0.3 is 0 Å². The molecule has 0 spiro atoms. The van der Waals surface area contributed by atoms with Crippen molar-refractivity contribution in [3.63, 3.8) is 0 Å². The molecule has 2 heterocycles. The molecule has 1 aromatic heterocycles. The van der Waals surface area contributed by atoms with E-state index in [-0.39, 0.29) is 17.9 Å². The molecular formula is C25H30N6O2S. The molecule has 1 aliphatic rings. The first-order chi connectivity index (χ1) is 16.4. The van der Waals surface area contributed by atoms with E-state index in [1.807, 2.05) is 66.8 Å². The van der Waals surface area contributed by atoms with Gasteiger partial charge in [-0.2, -0.15) is 0 Å². The number of benzene rings is 2. The number of aromatic nitrogens is 3. The zero-order valence-electron chi connectivity index (χ0n) is 19.8. The van der Waals surface area contributed by atoms with Crippen LogP contribution in [0.2, 0.25) is 0 Å². The third-order valence-electron chi connectivity index (χ3n) is 5.96. The second kappa shape index (κ2) is 10.7. The molecule has 3 aromatic rings. The van der Waals surface area contributed by atoms with Crippen molar-refractivity contribution in [3.05, 3.63) is 71.5 Å². The molecule has 34 heavy (non-hydrogen) atoms. The molecule has 1 aliphatic heterocycles. The van der Waals surface area contributed by atoms with Crippen LogP contribution in [0.15, 0.2) is 59.8 Å². The Morgan fingerprint density at radius 2 is 1.76 bits per heavy atom. The minimum atomic E-state index is -0.318. The van der Waals surface area contributed by atoms with Gasteiger partial charge in [0.2, 0.25) is 5.91 Å². The second-order valence-corrected chi connectivity index (χ2v) is 9.40. The zero-order valence-corrected chi connectivity index (χ0v) is 20.6. The molecule has 0 bridgehead atoms. The van der Waals surface area contributed by atoms with Gasteiger partial charge < -0.3 is 19.7 Å². The molecule has 1 atom stereocenters. The highest BCUT2D eigenvalue weighted by Crippen LogP contribution is 2.21. The van der Waals surface area contributed by atoms with Gasteiger partial charge in [-0.15, -0.1) is 10.2 Å². The Morgan fingerprint density at radius 1 is 1.03 bits per heavy atom. The monoisotopic (exact) mass is 478 g/mol. The maximum Gasteiger partial charge on any atom is 0.251 e. The Labute approximate surface area is 204 Å². The standard InChI is InChI=1S/C25H30N6O2S/c1-18-8-7-9-20(16-18)24(33)26-19(2)23-27-28-25(29(23)3)34-17-22(32)31-14-12-30(13-15-31)21-10-5-4-6-11-21/h4-11,16,19H,12-15,17H2,1-3H3,(H,26,33). The van der Waals surface area contributed by atoms with Crippen molar-refractivity contribution in [2.24, 2.45) is 7.05 Å². The molecule has 2 aromatic carbocycles. The first kappa shape index (κ1) is 23.8. The molecule has 178 valence electrons. The Hall–Kier alpha value is -3.33. The van der Waals surface area contributed by atoms with Crippen molar-refractivity contribution in [1.29, 1.82) is 0 Å². The maximum atomic E-state index is 12.8. The van der Waals surface area contributed by atoms with Crippen molar-refractivity contribution < 1.29 is 9.59 Å². The zero-order chi connectivity index (χ0) is 24.1. The van der Waals surface area contributed by atoms with Gasteiger partial charge in [0.05, 0.1) is 11.8 Å². The minimum Gasteiger partial charge on any atom is -0.368 e. The van der Waals surface area contributed by atoms with Crippen LogP contribution in [0.5, 0.6) is 0 Å². The van der Waals surface area contributed by atoms with Gasteiger partial charge in [-0.25, -0.2) is 0 Å². The lowest BCUT2D eigenvalue weighted by molar-refractivity contribution is -0.128. The number of hydrogen-bond acceptors (Lipinski definition) is 6. The topological polar surface area (TPSA) is 83.4 Å². The summed E-state index contributed by atoms with van der Waals surface area (Å²) in [7, 11) is 1.86. The summed E-state index contributed by atoms with van der Waals surface area (Å²) >= 11 is 1.37. The third-order valence-corrected chi connectivity index (χ3v) is 6.97. The molecule has 4 rings (SSSR count). The second-order valence-electron chi connectivity index (χ2n) is 8.46. The fourth-order valence-electron chi connectivity index (χ4n) is 4.03. The number of rotatable bonds is 7. The van der Waals surface area contributed by atoms with Crippen molar-refractivity contribution in [2.75, 3.05) is 36.8 Å². The summed E-state index contributed by atoms with van der Waals surface area (Å²) in [5, 5.41) is 12.1. The number of carbonyl (C=O) groups excluding carboxylic acids is 2. The van der Waals surface area contributed by atoms with Crippen LogP contribution in [0, 0.1) is 6.92 Å². The Morgan fingerprint density at radius 3 is 2.47 bits per heavy atom. The Balaban J connectivity index is 1.28. The SMILES string of the molecule is Cc1cccc(C(=O)NC(C)c2nnc(SCC(=O)N3CCN(c4ccccc4)CC3)n2C)c1. The normalized spacial score (nSPS) is 14.7. The number of piperazine rings is 1. The molecule has 1 unspecified atom stereocenters. The molecular weight excluding hydrogens is 448 g/mol. The van der Waals surface area contributed by atoms with E-state index in [1.165, 1.54) is 17.4 Å². The van der Waals surface area contributed by atoms with Crippen LogP contribution in [-0.2, 0) is 11.8 Å². The molecule has 8 nitrogen and oxygen atoms in total. The van der Waals surface area contributed by atoms with Crippen LogP contribution in [0.25, 0.3) is 0 Å². The quantitative estimate of drug-likeness (QED) is 0.526. The summed E-state index contributed by atoms with van der Waals surface area (Å²) in [5.74, 6) is 0.898. The van der Waals surface area contributed by atoms with Crippen LogP contribution >= 0.6 is 11.8 Å². The number of anilines is 1. The first-order valence-corrected chi connectivity index (χ1v) is 12.4. The molecule has 1 fully saturated rings. The number of thioether (sulfide) groups is 1. The molecule has 2 amide bonds. The average molecular weight is 479 g/mol. The van der Waals surface area contributed by atoms with Gasteiger partial charge in [0.25, 0.3) is 5.91 Å². The van der Waals surface area contributed by atoms with E-state index in [4.69, 9.17) is 0 Å². The van der Waals surface area contributed by atoms with E-state index in [1.54, 1.807) is 6.07 Å². The van der Waals surface area contributed by atoms with E-state index in [2.05, 4.69) is 32.5 Å². The fraction of sp³-hybridized carbons (Fsp3) is 0.360. The van der Waals surface area contributed by atoms with Crippen LogP contribution in [0.4, 0.5) is 5.69 Å². The number of amides is 2. The minimum absolute atomic E-state index is 0.100. The lowest BCUT2D eigenvalue weighted by Gasteiger charge is -2.36. The predicted molar refractivity (Wildman–Crippen MR) is 134 cm³/mol. The van der Waals surface area contributed by atoms with Crippen LogP contribution in [-0.4, -0.2) is 63.4 Å². The molecule has 0 radical (unpaired) electrons. The summed E-state index contributed by atoms with van der Waals surface area (Å²) < 4.78 is 1.84. The lowest BCUT2D eigenvalue weighted by atomic mass is 10.1. The Bertz CT molecular complexity index is 1140. The van der Waals surface area contributed by atoms with Crippen molar-refractivity contribution in [1.82, 2.24) is 25.0 Å². The summed E-state index contributed by atoms with van der Waals surface area (Å²) in [4.78, 5) is 29.6. The smallest absolute Gasteiger partial charge is 0.251 e. The molecule has 1 N–H and O–H groups in total.